The molecule has 0 aromatic heterocycles. The van der Waals surface area contributed by atoms with E-state index < -0.39 is 33.5 Å². The molecule has 4 nitrogen and oxygen atoms in total. The molecule has 7 heteroatoms. The van der Waals surface area contributed by atoms with Crippen molar-refractivity contribution < 1.29 is 22.3 Å². The fourth-order valence-corrected chi connectivity index (χ4v) is 4.06. The van der Waals surface area contributed by atoms with Crippen LogP contribution in [0.3, 0.4) is 0 Å². The van der Waals surface area contributed by atoms with Crippen LogP contribution in [0.15, 0.2) is 18.2 Å². The van der Waals surface area contributed by atoms with Gasteiger partial charge in [0.15, 0.2) is 0 Å². The Morgan fingerprint density at radius 1 is 1.27 bits per heavy atom. The van der Waals surface area contributed by atoms with Crippen molar-refractivity contribution in [1.82, 2.24) is 4.31 Å². The highest BCUT2D eigenvalue weighted by atomic mass is 32.2. The summed E-state index contributed by atoms with van der Waals surface area (Å²) in [4.78, 5) is 0. The van der Waals surface area contributed by atoms with Gasteiger partial charge in [0.25, 0.3) is 0 Å². The van der Waals surface area contributed by atoms with Crippen molar-refractivity contribution >= 4 is 10.0 Å². The van der Waals surface area contributed by atoms with Crippen LogP contribution in [0.1, 0.15) is 31.2 Å². The molecular weight excluding hydrogens is 312 g/mol. The average Bonchev–Trinajstić information content (AvgIpc) is 2.44. The van der Waals surface area contributed by atoms with E-state index in [4.69, 9.17) is 0 Å². The fourth-order valence-electron chi connectivity index (χ4n) is 2.79. The lowest BCUT2D eigenvalue weighted by molar-refractivity contribution is 0.0620. The summed E-state index contributed by atoms with van der Waals surface area (Å²) in [6.07, 6.45) is 2.91. The SMILES string of the molecule is CN(CC1CCCCC1O)S(=O)(=O)Cc1ccc(F)cc1F. The zero-order valence-corrected chi connectivity index (χ0v) is 13.3. The third-order valence-corrected chi connectivity index (χ3v) is 5.96. The Morgan fingerprint density at radius 2 is 1.95 bits per heavy atom. The second-order valence-corrected chi connectivity index (χ2v) is 7.96. The summed E-state index contributed by atoms with van der Waals surface area (Å²) < 4.78 is 52.2. The summed E-state index contributed by atoms with van der Waals surface area (Å²) in [6.45, 7) is 0.215. The monoisotopic (exact) mass is 333 g/mol. The topological polar surface area (TPSA) is 57.6 Å². The number of aliphatic hydroxyl groups excluding tert-OH is 1. The molecule has 1 aromatic carbocycles. The molecule has 1 aliphatic rings. The Bertz CT molecular complexity index is 621. The molecular formula is C15H21F2NO3S. The smallest absolute Gasteiger partial charge is 0.218 e. The summed E-state index contributed by atoms with van der Waals surface area (Å²) in [5, 5.41) is 9.92. The summed E-state index contributed by atoms with van der Waals surface area (Å²) >= 11 is 0. The maximum absolute atomic E-state index is 13.6. The first-order chi connectivity index (χ1) is 10.3. The van der Waals surface area contributed by atoms with Gasteiger partial charge >= 0.3 is 0 Å². The minimum absolute atomic E-state index is 0.0579. The average molecular weight is 333 g/mol. The molecule has 0 amide bonds. The lowest BCUT2D eigenvalue weighted by atomic mass is 9.86. The van der Waals surface area contributed by atoms with Crippen molar-refractivity contribution in [2.75, 3.05) is 13.6 Å². The van der Waals surface area contributed by atoms with Crippen LogP contribution in [0.25, 0.3) is 0 Å². The van der Waals surface area contributed by atoms with Crippen LogP contribution in [0, 0.1) is 17.6 Å². The molecule has 1 saturated carbocycles. The van der Waals surface area contributed by atoms with E-state index >= 15 is 0 Å². The van der Waals surface area contributed by atoms with Crippen molar-refractivity contribution in [2.45, 2.75) is 37.5 Å². The molecule has 1 aromatic rings. The maximum Gasteiger partial charge on any atom is 0.218 e. The lowest BCUT2D eigenvalue weighted by Crippen LogP contribution is -2.38. The van der Waals surface area contributed by atoms with Crippen molar-refractivity contribution in [1.29, 1.82) is 0 Å². The molecule has 0 bridgehead atoms. The quantitative estimate of drug-likeness (QED) is 0.899. The number of benzene rings is 1. The molecule has 0 heterocycles. The normalized spacial score (nSPS) is 23.0. The minimum Gasteiger partial charge on any atom is -0.393 e. The highest BCUT2D eigenvalue weighted by molar-refractivity contribution is 7.88. The van der Waals surface area contributed by atoms with E-state index in [2.05, 4.69) is 0 Å². The molecule has 1 N–H and O–H groups in total. The highest BCUT2D eigenvalue weighted by Crippen LogP contribution is 2.26. The first-order valence-corrected chi connectivity index (χ1v) is 8.96. The predicted octanol–water partition coefficient (Wildman–Crippen LogP) is 2.28. The number of halogens is 2. The number of sulfonamides is 1. The molecule has 124 valence electrons. The van der Waals surface area contributed by atoms with Gasteiger partial charge in [0.2, 0.25) is 10.0 Å². The number of hydrogen-bond acceptors (Lipinski definition) is 3. The van der Waals surface area contributed by atoms with E-state index in [-0.39, 0.29) is 18.0 Å². The van der Waals surface area contributed by atoms with Crippen LogP contribution in [0.4, 0.5) is 8.78 Å². The fraction of sp³-hybridized carbons (Fsp3) is 0.600. The van der Waals surface area contributed by atoms with Crippen LogP contribution in [-0.4, -0.2) is 37.5 Å². The van der Waals surface area contributed by atoms with E-state index in [0.29, 0.717) is 12.5 Å². The van der Waals surface area contributed by atoms with Crippen molar-refractivity contribution in [2.24, 2.45) is 5.92 Å². The van der Waals surface area contributed by atoms with Gasteiger partial charge in [0, 0.05) is 25.2 Å². The Balaban J connectivity index is 2.05. The van der Waals surface area contributed by atoms with Crippen molar-refractivity contribution in [3.05, 3.63) is 35.4 Å². The second kappa shape index (κ2) is 7.02. The zero-order valence-electron chi connectivity index (χ0n) is 12.5. The van der Waals surface area contributed by atoms with Gasteiger partial charge in [-0.15, -0.1) is 0 Å². The molecule has 0 saturated heterocycles. The molecule has 1 aliphatic carbocycles. The third kappa shape index (κ3) is 4.24. The van der Waals surface area contributed by atoms with Crippen LogP contribution >= 0.6 is 0 Å². The Hall–Kier alpha value is -1.05. The molecule has 2 atom stereocenters. The summed E-state index contributed by atoms with van der Waals surface area (Å²) in [6, 6.07) is 2.86. The van der Waals surface area contributed by atoms with E-state index in [1.807, 2.05) is 0 Å². The van der Waals surface area contributed by atoms with Crippen LogP contribution in [-0.2, 0) is 15.8 Å². The van der Waals surface area contributed by atoms with Crippen molar-refractivity contribution in [3.63, 3.8) is 0 Å². The maximum atomic E-state index is 13.6. The Morgan fingerprint density at radius 3 is 2.59 bits per heavy atom. The van der Waals surface area contributed by atoms with Gasteiger partial charge in [-0.3, -0.25) is 0 Å². The van der Waals surface area contributed by atoms with E-state index in [1.165, 1.54) is 7.05 Å². The number of rotatable bonds is 5. The largest absolute Gasteiger partial charge is 0.393 e. The van der Waals surface area contributed by atoms with Gasteiger partial charge in [-0.05, 0) is 24.8 Å². The van der Waals surface area contributed by atoms with Gasteiger partial charge in [-0.25, -0.2) is 21.5 Å². The van der Waals surface area contributed by atoms with Gasteiger partial charge in [0.1, 0.15) is 11.6 Å². The predicted molar refractivity (Wildman–Crippen MR) is 79.6 cm³/mol. The summed E-state index contributed by atoms with van der Waals surface area (Å²) in [5.41, 5.74) is -0.0579. The van der Waals surface area contributed by atoms with Gasteiger partial charge < -0.3 is 5.11 Å². The van der Waals surface area contributed by atoms with E-state index in [0.717, 1.165) is 35.7 Å². The van der Waals surface area contributed by atoms with Gasteiger partial charge in [0.05, 0.1) is 11.9 Å². The molecule has 0 aliphatic heterocycles. The lowest BCUT2D eigenvalue weighted by Gasteiger charge is -2.30. The van der Waals surface area contributed by atoms with Crippen molar-refractivity contribution in [3.8, 4) is 0 Å². The Kier molecular flexibility index (Phi) is 5.52. The number of nitrogens with zero attached hydrogens (tertiary/aromatic N) is 1. The molecule has 0 radical (unpaired) electrons. The number of aliphatic hydroxyl groups is 1. The molecule has 22 heavy (non-hydrogen) atoms. The molecule has 1 fully saturated rings. The van der Waals surface area contributed by atoms with Crippen LogP contribution in [0.2, 0.25) is 0 Å². The van der Waals surface area contributed by atoms with E-state index in [1.54, 1.807) is 0 Å². The third-order valence-electron chi connectivity index (χ3n) is 4.19. The molecule has 0 spiro atoms. The first-order valence-electron chi connectivity index (χ1n) is 7.35. The standard InChI is InChI=1S/C15H21F2NO3S/c1-18(9-11-4-2-3-5-15(11)19)22(20,21)10-12-6-7-13(16)8-14(12)17/h6-8,11,15,19H,2-5,9-10H2,1H3. The Labute approximate surface area is 129 Å². The molecule has 2 unspecified atom stereocenters. The zero-order chi connectivity index (χ0) is 16.3. The van der Waals surface area contributed by atoms with Crippen LogP contribution in [0.5, 0.6) is 0 Å². The van der Waals surface area contributed by atoms with Gasteiger partial charge in [-0.2, -0.15) is 0 Å². The first kappa shape index (κ1) is 17.3. The minimum atomic E-state index is -3.71. The second-order valence-electron chi connectivity index (χ2n) is 5.88. The molecule has 2 rings (SSSR count). The summed E-state index contributed by atoms with van der Waals surface area (Å²) in [7, 11) is -2.28. The van der Waals surface area contributed by atoms with Crippen LogP contribution < -0.4 is 0 Å². The van der Waals surface area contributed by atoms with Gasteiger partial charge in [-0.1, -0.05) is 18.9 Å². The highest BCUT2D eigenvalue weighted by Gasteiger charge is 2.28. The van der Waals surface area contributed by atoms with E-state index in [9.17, 15) is 22.3 Å². The summed E-state index contributed by atoms with van der Waals surface area (Å²) in [5.74, 6) is -2.21. The number of hydrogen-bond donors (Lipinski definition) is 1.